The van der Waals surface area contributed by atoms with Crippen LogP contribution >= 0.6 is 0 Å². The Hall–Kier alpha value is -2.69. The highest BCUT2D eigenvalue weighted by atomic mass is 19.2. The van der Waals surface area contributed by atoms with Gasteiger partial charge in [-0.15, -0.1) is 5.10 Å². The van der Waals surface area contributed by atoms with Gasteiger partial charge >= 0.3 is 0 Å². The fraction of sp³-hybridized carbons (Fsp3) is 0.231. The number of rotatable bonds is 3. The number of hydrogen-bond acceptors (Lipinski definition) is 4. The number of nitrogen functional groups attached to an aromatic ring is 1. The van der Waals surface area contributed by atoms with Crippen LogP contribution < -0.4 is 11.1 Å². The first-order chi connectivity index (χ1) is 9.85. The Kier molecular flexibility index (Phi) is 3.76. The van der Waals surface area contributed by atoms with Crippen molar-refractivity contribution in [1.82, 2.24) is 9.78 Å². The lowest BCUT2D eigenvalue weighted by atomic mass is 10.2. The first-order valence-corrected chi connectivity index (χ1v) is 6.05. The van der Waals surface area contributed by atoms with Gasteiger partial charge in [0.2, 0.25) is 0 Å². The molecule has 5 nitrogen and oxygen atoms in total. The van der Waals surface area contributed by atoms with Crippen LogP contribution in [-0.2, 0) is 0 Å². The summed E-state index contributed by atoms with van der Waals surface area (Å²) >= 11 is 0. The molecule has 8 heteroatoms. The maximum atomic E-state index is 13.8. The average Bonchev–Trinajstić information content (AvgIpc) is 2.69. The molecular weight excluding hydrogens is 283 g/mol. The number of benzene rings is 1. The van der Waals surface area contributed by atoms with Crippen LogP contribution in [-0.4, -0.2) is 15.8 Å². The number of anilines is 2. The first-order valence-electron chi connectivity index (χ1n) is 6.05. The van der Waals surface area contributed by atoms with E-state index in [0.717, 1.165) is 4.68 Å². The lowest BCUT2D eigenvalue weighted by Gasteiger charge is -2.07. The molecule has 0 bridgehead atoms. The minimum Gasteiger partial charge on any atom is -0.382 e. The molecule has 110 valence electrons. The number of halogens is 3. The van der Waals surface area contributed by atoms with E-state index in [4.69, 9.17) is 11.0 Å². The lowest BCUT2D eigenvalue weighted by molar-refractivity contribution is 0.491. The third kappa shape index (κ3) is 2.63. The monoisotopic (exact) mass is 295 g/mol. The van der Waals surface area contributed by atoms with Crippen LogP contribution in [0.5, 0.6) is 0 Å². The normalized spacial score (nSPS) is 10.7. The maximum absolute atomic E-state index is 13.8. The maximum Gasteiger partial charge on any atom is 0.168 e. The molecule has 0 aliphatic heterocycles. The van der Waals surface area contributed by atoms with Crippen LogP contribution in [0.25, 0.3) is 5.69 Å². The van der Waals surface area contributed by atoms with Gasteiger partial charge in [0.05, 0.1) is 0 Å². The molecule has 1 aromatic heterocycles. The van der Waals surface area contributed by atoms with Crippen LogP contribution in [0.4, 0.5) is 24.8 Å². The van der Waals surface area contributed by atoms with Gasteiger partial charge in [0.25, 0.3) is 0 Å². The van der Waals surface area contributed by atoms with Crippen molar-refractivity contribution >= 4 is 11.6 Å². The summed E-state index contributed by atoms with van der Waals surface area (Å²) in [4.78, 5) is 0. The second-order valence-electron chi connectivity index (χ2n) is 4.65. The smallest absolute Gasteiger partial charge is 0.168 e. The van der Waals surface area contributed by atoms with E-state index >= 15 is 0 Å². The Morgan fingerprint density at radius 3 is 2.43 bits per heavy atom. The van der Waals surface area contributed by atoms with E-state index in [2.05, 4.69) is 10.4 Å². The minimum absolute atomic E-state index is 0.00725. The van der Waals surface area contributed by atoms with E-state index in [9.17, 15) is 13.2 Å². The molecule has 3 N–H and O–H groups in total. The predicted octanol–water partition coefficient (Wildman–Crippen LogP) is 2.56. The van der Waals surface area contributed by atoms with E-state index in [0.29, 0.717) is 12.1 Å². The molecule has 0 radical (unpaired) electrons. The first kappa shape index (κ1) is 14.7. The summed E-state index contributed by atoms with van der Waals surface area (Å²) in [5.41, 5.74) is 5.37. The molecule has 1 aromatic carbocycles. The highest BCUT2D eigenvalue weighted by Gasteiger charge is 2.20. The van der Waals surface area contributed by atoms with Gasteiger partial charge in [-0.1, -0.05) is 0 Å². The number of aromatic nitrogens is 2. The van der Waals surface area contributed by atoms with Crippen LogP contribution in [0.3, 0.4) is 0 Å². The van der Waals surface area contributed by atoms with Gasteiger partial charge in [0.15, 0.2) is 23.3 Å². The quantitative estimate of drug-likeness (QED) is 0.853. The summed E-state index contributed by atoms with van der Waals surface area (Å²) in [7, 11) is 0. The highest BCUT2D eigenvalue weighted by molar-refractivity contribution is 5.66. The number of nitriles is 1. The predicted molar refractivity (Wildman–Crippen MR) is 71.3 cm³/mol. The number of nitrogens with one attached hydrogen (secondary N) is 1. The van der Waals surface area contributed by atoms with Crippen LogP contribution in [0, 0.1) is 28.8 Å². The second kappa shape index (κ2) is 5.36. The number of hydrogen-bond donors (Lipinski definition) is 2. The lowest BCUT2D eigenvalue weighted by Crippen LogP contribution is -2.11. The molecular formula is C13H12F3N5. The zero-order chi connectivity index (χ0) is 15.7. The van der Waals surface area contributed by atoms with Gasteiger partial charge < -0.3 is 11.1 Å². The second-order valence-corrected chi connectivity index (χ2v) is 4.65. The summed E-state index contributed by atoms with van der Waals surface area (Å²) in [5.74, 6) is -3.61. The molecule has 21 heavy (non-hydrogen) atoms. The average molecular weight is 295 g/mol. The molecule has 0 saturated carbocycles. The third-order valence-corrected chi connectivity index (χ3v) is 2.68. The Morgan fingerprint density at radius 1 is 1.24 bits per heavy atom. The van der Waals surface area contributed by atoms with Crippen molar-refractivity contribution in [1.29, 1.82) is 5.26 Å². The molecule has 2 rings (SSSR count). The number of nitrogens with two attached hydrogens (primary N) is 1. The third-order valence-electron chi connectivity index (χ3n) is 2.68. The van der Waals surface area contributed by atoms with Gasteiger partial charge in [-0.25, -0.2) is 17.9 Å². The molecule has 0 aliphatic rings. The summed E-state index contributed by atoms with van der Waals surface area (Å²) in [6.45, 7) is 3.63. The van der Waals surface area contributed by atoms with Crippen LogP contribution in [0.1, 0.15) is 19.4 Å². The van der Waals surface area contributed by atoms with Crippen molar-refractivity contribution in [3.63, 3.8) is 0 Å². The largest absolute Gasteiger partial charge is 0.382 e. The molecule has 0 saturated heterocycles. The number of nitrogens with zero attached hydrogens (tertiary/aromatic N) is 3. The van der Waals surface area contributed by atoms with E-state index in [1.165, 1.54) is 0 Å². The molecule has 0 aliphatic carbocycles. The van der Waals surface area contributed by atoms with Crippen molar-refractivity contribution < 1.29 is 13.2 Å². The zero-order valence-corrected chi connectivity index (χ0v) is 11.3. The fourth-order valence-corrected chi connectivity index (χ4v) is 1.77. The molecule has 0 unspecified atom stereocenters. The van der Waals surface area contributed by atoms with Crippen molar-refractivity contribution in [2.45, 2.75) is 19.9 Å². The van der Waals surface area contributed by atoms with Crippen molar-refractivity contribution in [3.8, 4) is 11.8 Å². The summed E-state index contributed by atoms with van der Waals surface area (Å²) in [6, 6.07) is 2.83. The summed E-state index contributed by atoms with van der Waals surface area (Å²) in [5, 5.41) is 15.9. The van der Waals surface area contributed by atoms with Gasteiger partial charge in [0.1, 0.15) is 23.1 Å². The van der Waals surface area contributed by atoms with E-state index in [-0.39, 0.29) is 28.9 Å². The molecule has 1 heterocycles. The van der Waals surface area contributed by atoms with Gasteiger partial charge in [0, 0.05) is 18.2 Å². The Balaban J connectivity index is 2.63. The van der Waals surface area contributed by atoms with Crippen molar-refractivity contribution in [3.05, 3.63) is 35.1 Å². The molecule has 0 fully saturated rings. The van der Waals surface area contributed by atoms with Gasteiger partial charge in [-0.3, -0.25) is 0 Å². The van der Waals surface area contributed by atoms with E-state index < -0.39 is 17.5 Å². The SMILES string of the molecule is CC(C)Nc1nn(-c2cc(F)c(F)cc2F)c(N)c1C#N. The molecule has 2 aromatic rings. The standard InChI is InChI=1S/C13H12F3N5/c1-6(2)19-13-7(5-17)12(18)21(20-13)11-4-9(15)8(14)3-10(11)16/h3-4,6H,18H2,1-2H3,(H,19,20). The summed E-state index contributed by atoms with van der Waals surface area (Å²) in [6.07, 6.45) is 0. The Labute approximate surface area is 118 Å². The Bertz CT molecular complexity index is 730. The molecule has 0 spiro atoms. The molecule has 0 amide bonds. The van der Waals surface area contributed by atoms with Crippen LogP contribution in [0.2, 0.25) is 0 Å². The van der Waals surface area contributed by atoms with Gasteiger partial charge in [-0.05, 0) is 13.8 Å². The molecule has 0 atom stereocenters. The van der Waals surface area contributed by atoms with E-state index in [1.807, 2.05) is 19.9 Å². The fourth-order valence-electron chi connectivity index (χ4n) is 1.77. The van der Waals surface area contributed by atoms with Crippen molar-refractivity contribution in [2.75, 3.05) is 11.1 Å². The van der Waals surface area contributed by atoms with Gasteiger partial charge in [-0.2, -0.15) is 5.26 Å². The summed E-state index contributed by atoms with van der Waals surface area (Å²) < 4.78 is 40.9. The highest BCUT2D eigenvalue weighted by Crippen LogP contribution is 2.27. The van der Waals surface area contributed by atoms with E-state index in [1.54, 1.807) is 0 Å². The Morgan fingerprint density at radius 2 is 1.86 bits per heavy atom. The topological polar surface area (TPSA) is 79.7 Å². The van der Waals surface area contributed by atoms with Crippen LogP contribution in [0.15, 0.2) is 12.1 Å². The minimum atomic E-state index is -1.32. The zero-order valence-electron chi connectivity index (χ0n) is 11.3. The van der Waals surface area contributed by atoms with Crippen molar-refractivity contribution in [2.24, 2.45) is 0 Å².